The molecule has 0 aliphatic carbocycles. The van der Waals surface area contributed by atoms with Crippen LogP contribution in [0.3, 0.4) is 0 Å². The average Bonchev–Trinajstić information content (AvgIpc) is 2.23. The van der Waals surface area contributed by atoms with Gasteiger partial charge in [0, 0.05) is 4.47 Å². The van der Waals surface area contributed by atoms with Crippen molar-refractivity contribution in [1.29, 1.82) is 0 Å². The smallest absolute Gasteiger partial charge is 0.325 e. The minimum Gasteiger partial charge on any atom is -0.480 e. The number of nitrogens with one attached hydrogen (secondary N) is 1. The number of rotatable bonds is 4. The van der Waals surface area contributed by atoms with E-state index >= 15 is 0 Å². The maximum atomic E-state index is 12.9. The molecule has 0 bridgehead atoms. The van der Waals surface area contributed by atoms with Crippen LogP contribution in [0.4, 0.5) is 4.39 Å². The molecule has 4 nitrogen and oxygen atoms in total. The van der Waals surface area contributed by atoms with Crippen molar-refractivity contribution < 1.29 is 19.1 Å². The summed E-state index contributed by atoms with van der Waals surface area (Å²) in [7, 11) is 0. The van der Waals surface area contributed by atoms with Crippen LogP contribution in [0.15, 0.2) is 22.7 Å². The van der Waals surface area contributed by atoms with E-state index in [2.05, 4.69) is 21.2 Å². The van der Waals surface area contributed by atoms with Crippen molar-refractivity contribution in [1.82, 2.24) is 5.32 Å². The second-order valence-corrected chi connectivity index (χ2v) is 4.39. The molecule has 0 fully saturated rings. The van der Waals surface area contributed by atoms with Gasteiger partial charge in [-0.25, -0.2) is 4.39 Å². The van der Waals surface area contributed by atoms with E-state index in [1.54, 1.807) is 0 Å². The Morgan fingerprint density at radius 3 is 2.76 bits per heavy atom. The fourth-order valence-electron chi connectivity index (χ4n) is 1.21. The molecule has 1 aromatic rings. The zero-order chi connectivity index (χ0) is 13.0. The summed E-state index contributed by atoms with van der Waals surface area (Å²) in [5.41, 5.74) is 0.472. The van der Waals surface area contributed by atoms with Crippen molar-refractivity contribution in [3.05, 3.63) is 34.1 Å². The van der Waals surface area contributed by atoms with Gasteiger partial charge in [0.15, 0.2) is 0 Å². The summed E-state index contributed by atoms with van der Waals surface area (Å²) in [6.45, 7) is 1.36. The van der Waals surface area contributed by atoms with E-state index in [-0.39, 0.29) is 6.42 Å². The predicted octanol–water partition coefficient (Wildman–Crippen LogP) is 1.72. The standard InChI is InChI=1S/C11H11BrFNO3/c1-6(11(16)17)14-10(15)5-7-4-8(13)2-3-9(7)12/h2-4,6H,5H2,1H3,(H,14,15)(H,16,17)/t6-/m1/s1. The van der Waals surface area contributed by atoms with Crippen LogP contribution in [0, 0.1) is 5.82 Å². The molecule has 0 heterocycles. The minimum absolute atomic E-state index is 0.0734. The molecule has 0 unspecified atom stereocenters. The predicted molar refractivity (Wildman–Crippen MR) is 63.0 cm³/mol. The van der Waals surface area contributed by atoms with Gasteiger partial charge in [0.1, 0.15) is 11.9 Å². The normalized spacial score (nSPS) is 11.9. The largest absolute Gasteiger partial charge is 0.480 e. The molecule has 0 spiro atoms. The van der Waals surface area contributed by atoms with Crippen LogP contribution in [0.25, 0.3) is 0 Å². The van der Waals surface area contributed by atoms with E-state index in [1.807, 2.05) is 0 Å². The Kier molecular flexibility index (Phi) is 4.62. The van der Waals surface area contributed by atoms with Crippen LogP contribution < -0.4 is 5.32 Å². The quantitative estimate of drug-likeness (QED) is 0.890. The molecule has 17 heavy (non-hydrogen) atoms. The van der Waals surface area contributed by atoms with E-state index in [1.165, 1.54) is 25.1 Å². The van der Waals surface area contributed by atoms with Crippen LogP contribution in [0.5, 0.6) is 0 Å². The lowest BCUT2D eigenvalue weighted by Gasteiger charge is -2.10. The number of amides is 1. The highest BCUT2D eigenvalue weighted by molar-refractivity contribution is 9.10. The first-order valence-corrected chi connectivity index (χ1v) is 5.65. The van der Waals surface area contributed by atoms with Gasteiger partial charge in [0.05, 0.1) is 6.42 Å². The number of aliphatic carboxylic acids is 1. The first-order valence-electron chi connectivity index (χ1n) is 4.86. The van der Waals surface area contributed by atoms with Crippen molar-refractivity contribution in [2.24, 2.45) is 0 Å². The van der Waals surface area contributed by atoms with E-state index in [0.717, 1.165) is 0 Å². The third kappa shape index (κ3) is 4.14. The zero-order valence-electron chi connectivity index (χ0n) is 9.04. The van der Waals surface area contributed by atoms with Gasteiger partial charge >= 0.3 is 5.97 Å². The number of carboxylic acid groups (broad SMARTS) is 1. The Morgan fingerprint density at radius 2 is 2.18 bits per heavy atom. The Balaban J connectivity index is 2.68. The number of carbonyl (C=O) groups is 2. The van der Waals surface area contributed by atoms with E-state index in [9.17, 15) is 14.0 Å². The van der Waals surface area contributed by atoms with Crippen molar-refractivity contribution in [2.45, 2.75) is 19.4 Å². The monoisotopic (exact) mass is 303 g/mol. The minimum atomic E-state index is -1.11. The molecule has 0 radical (unpaired) electrons. The summed E-state index contributed by atoms with van der Waals surface area (Å²) < 4.78 is 13.6. The van der Waals surface area contributed by atoms with Gasteiger partial charge in [-0.2, -0.15) is 0 Å². The van der Waals surface area contributed by atoms with Gasteiger partial charge in [-0.05, 0) is 30.7 Å². The third-order valence-corrected chi connectivity index (χ3v) is 2.88. The molecule has 1 atom stereocenters. The van der Waals surface area contributed by atoms with Crippen molar-refractivity contribution in [2.75, 3.05) is 0 Å². The zero-order valence-corrected chi connectivity index (χ0v) is 10.6. The molecule has 92 valence electrons. The maximum Gasteiger partial charge on any atom is 0.325 e. The lowest BCUT2D eigenvalue weighted by molar-refractivity contribution is -0.141. The second kappa shape index (κ2) is 5.77. The third-order valence-electron chi connectivity index (χ3n) is 2.11. The van der Waals surface area contributed by atoms with Crippen LogP contribution in [-0.4, -0.2) is 23.0 Å². The first-order chi connectivity index (χ1) is 7.90. The molecule has 1 aromatic carbocycles. The lowest BCUT2D eigenvalue weighted by atomic mass is 10.1. The van der Waals surface area contributed by atoms with Crippen LogP contribution >= 0.6 is 15.9 Å². The van der Waals surface area contributed by atoms with Gasteiger partial charge in [-0.15, -0.1) is 0 Å². The molecule has 0 aromatic heterocycles. The lowest BCUT2D eigenvalue weighted by Crippen LogP contribution is -2.39. The van der Waals surface area contributed by atoms with Crippen LogP contribution in [-0.2, 0) is 16.0 Å². The summed E-state index contributed by atoms with van der Waals surface area (Å²) in [5.74, 6) is -2.02. The number of carboxylic acids is 1. The topological polar surface area (TPSA) is 66.4 Å². The number of hydrogen-bond donors (Lipinski definition) is 2. The SMILES string of the molecule is C[C@@H](NC(=O)Cc1cc(F)ccc1Br)C(=O)O. The highest BCUT2D eigenvalue weighted by Crippen LogP contribution is 2.18. The number of benzene rings is 1. The average molecular weight is 304 g/mol. The van der Waals surface area contributed by atoms with Crippen LogP contribution in [0.1, 0.15) is 12.5 Å². The summed E-state index contributed by atoms with van der Waals surface area (Å²) in [4.78, 5) is 22.0. The Labute approximate surface area is 106 Å². The van der Waals surface area contributed by atoms with Gasteiger partial charge in [-0.3, -0.25) is 9.59 Å². The number of carbonyl (C=O) groups excluding carboxylic acids is 1. The van der Waals surface area contributed by atoms with Crippen molar-refractivity contribution in [3.63, 3.8) is 0 Å². The molecule has 0 aliphatic heterocycles. The number of hydrogen-bond acceptors (Lipinski definition) is 2. The molecule has 0 saturated carbocycles. The molecule has 6 heteroatoms. The molecule has 0 saturated heterocycles. The van der Waals surface area contributed by atoms with Gasteiger partial charge in [0.25, 0.3) is 0 Å². The summed E-state index contributed by atoms with van der Waals surface area (Å²) >= 11 is 3.19. The fraction of sp³-hybridized carbons (Fsp3) is 0.273. The van der Waals surface area contributed by atoms with Crippen molar-refractivity contribution in [3.8, 4) is 0 Å². The Hall–Kier alpha value is -1.43. The van der Waals surface area contributed by atoms with Gasteiger partial charge < -0.3 is 10.4 Å². The first kappa shape index (κ1) is 13.6. The number of halogens is 2. The summed E-state index contributed by atoms with van der Waals surface area (Å²) in [5, 5.41) is 10.9. The Bertz CT molecular complexity index is 450. The maximum absolute atomic E-state index is 12.9. The molecule has 1 rings (SSSR count). The Morgan fingerprint density at radius 1 is 1.53 bits per heavy atom. The second-order valence-electron chi connectivity index (χ2n) is 3.54. The van der Waals surface area contributed by atoms with E-state index in [0.29, 0.717) is 10.0 Å². The van der Waals surface area contributed by atoms with Crippen LogP contribution in [0.2, 0.25) is 0 Å². The fourth-order valence-corrected chi connectivity index (χ4v) is 1.59. The van der Waals surface area contributed by atoms with E-state index in [4.69, 9.17) is 5.11 Å². The van der Waals surface area contributed by atoms with Gasteiger partial charge in [0.2, 0.25) is 5.91 Å². The molecule has 2 N–H and O–H groups in total. The molecular formula is C11H11BrFNO3. The van der Waals surface area contributed by atoms with Gasteiger partial charge in [-0.1, -0.05) is 15.9 Å². The highest BCUT2D eigenvalue weighted by atomic mass is 79.9. The highest BCUT2D eigenvalue weighted by Gasteiger charge is 2.15. The van der Waals surface area contributed by atoms with E-state index < -0.39 is 23.7 Å². The summed E-state index contributed by atoms with van der Waals surface area (Å²) in [6.07, 6.45) is -0.0734. The molecule has 1 amide bonds. The molecular weight excluding hydrogens is 293 g/mol. The van der Waals surface area contributed by atoms with Crippen molar-refractivity contribution >= 4 is 27.8 Å². The molecule has 0 aliphatic rings. The summed E-state index contributed by atoms with van der Waals surface area (Å²) in [6, 6.07) is 3.04.